The molecular formula is C21H24F3N5O8S. The Bertz CT molecular complexity index is 1220. The number of nitrogens with zero attached hydrogens (tertiary/aromatic N) is 4. The van der Waals surface area contributed by atoms with Crippen LogP contribution >= 0.6 is 11.8 Å². The van der Waals surface area contributed by atoms with Gasteiger partial charge in [-0.15, -0.1) is 0 Å². The van der Waals surface area contributed by atoms with Crippen LogP contribution in [-0.4, -0.2) is 80.2 Å². The molecule has 2 aromatic heterocycles. The number of rotatable bonds is 9. The second kappa shape index (κ2) is 11.9. The van der Waals surface area contributed by atoms with Crippen LogP contribution in [0.4, 0.5) is 19.0 Å². The van der Waals surface area contributed by atoms with Crippen molar-refractivity contribution in [3.63, 3.8) is 0 Å². The van der Waals surface area contributed by atoms with E-state index in [2.05, 4.69) is 20.3 Å². The van der Waals surface area contributed by atoms with E-state index in [0.29, 0.717) is 11.8 Å². The van der Waals surface area contributed by atoms with Gasteiger partial charge in [-0.1, -0.05) is 11.8 Å². The van der Waals surface area contributed by atoms with Crippen molar-refractivity contribution in [3.05, 3.63) is 6.33 Å². The lowest BCUT2D eigenvalue weighted by Crippen LogP contribution is -2.40. The van der Waals surface area contributed by atoms with E-state index in [9.17, 15) is 32.3 Å². The average molecular weight is 564 g/mol. The van der Waals surface area contributed by atoms with E-state index >= 15 is 0 Å². The Morgan fingerprint density at radius 3 is 2.29 bits per heavy atom. The molecule has 17 heteroatoms. The summed E-state index contributed by atoms with van der Waals surface area (Å²) in [7, 11) is 0. The Morgan fingerprint density at radius 2 is 1.71 bits per heavy atom. The molecule has 0 spiro atoms. The molecular weight excluding hydrogens is 539 g/mol. The molecule has 38 heavy (non-hydrogen) atoms. The summed E-state index contributed by atoms with van der Waals surface area (Å²) in [5.41, 5.74) is 0.0909. The van der Waals surface area contributed by atoms with Crippen molar-refractivity contribution in [1.29, 1.82) is 0 Å². The highest BCUT2D eigenvalue weighted by molar-refractivity contribution is 7.99. The number of nitrogens with one attached hydrogen (secondary N) is 1. The van der Waals surface area contributed by atoms with E-state index in [1.165, 1.54) is 24.7 Å². The Hall–Kier alpha value is -3.47. The smallest absolute Gasteiger partial charge is 0.389 e. The van der Waals surface area contributed by atoms with Gasteiger partial charge in [-0.2, -0.15) is 13.2 Å². The fourth-order valence-electron chi connectivity index (χ4n) is 3.58. The molecule has 1 amide bonds. The van der Waals surface area contributed by atoms with Crippen LogP contribution in [0.5, 0.6) is 0 Å². The number of imidazole rings is 1. The van der Waals surface area contributed by atoms with E-state index in [1.807, 2.05) is 0 Å². The normalized spacial score (nSPS) is 21.2. The molecule has 4 atom stereocenters. The monoisotopic (exact) mass is 563 g/mol. The fraction of sp³-hybridized carbons (Fsp3) is 0.571. The molecule has 1 N–H and O–H groups in total. The van der Waals surface area contributed by atoms with E-state index in [4.69, 9.17) is 18.9 Å². The van der Waals surface area contributed by atoms with Crippen LogP contribution in [-0.2, 0) is 38.1 Å². The number of aromatic nitrogens is 4. The molecule has 1 fully saturated rings. The quantitative estimate of drug-likeness (QED) is 0.205. The van der Waals surface area contributed by atoms with E-state index < -0.39 is 66.7 Å². The molecule has 3 rings (SSSR count). The molecule has 0 aromatic carbocycles. The fourth-order valence-corrected chi connectivity index (χ4v) is 4.40. The summed E-state index contributed by atoms with van der Waals surface area (Å²) in [5.74, 6) is -3.07. The molecule has 0 aliphatic carbocycles. The summed E-state index contributed by atoms with van der Waals surface area (Å²) >= 11 is 0.703. The number of alkyl halides is 3. The molecule has 3 heterocycles. The molecule has 13 nitrogen and oxygen atoms in total. The van der Waals surface area contributed by atoms with Gasteiger partial charge in [-0.25, -0.2) is 15.0 Å². The topological polar surface area (TPSA) is 161 Å². The Labute approximate surface area is 217 Å². The molecule has 1 aliphatic rings. The van der Waals surface area contributed by atoms with Crippen molar-refractivity contribution in [3.8, 4) is 0 Å². The number of thioether (sulfide) groups is 1. The number of ether oxygens (including phenoxy) is 4. The van der Waals surface area contributed by atoms with Gasteiger partial charge in [0.15, 0.2) is 40.6 Å². The van der Waals surface area contributed by atoms with E-state index in [-0.39, 0.29) is 28.7 Å². The zero-order valence-electron chi connectivity index (χ0n) is 20.6. The lowest BCUT2D eigenvalue weighted by atomic mass is 10.1. The first-order valence-electron chi connectivity index (χ1n) is 11.1. The Balaban J connectivity index is 2.06. The first kappa shape index (κ1) is 29.1. The van der Waals surface area contributed by atoms with Crippen molar-refractivity contribution in [2.24, 2.45) is 0 Å². The molecule has 1 aliphatic heterocycles. The third kappa shape index (κ3) is 7.53. The second-order valence-electron chi connectivity index (χ2n) is 8.09. The van der Waals surface area contributed by atoms with E-state index in [0.717, 1.165) is 13.8 Å². The van der Waals surface area contributed by atoms with Crippen LogP contribution in [0.15, 0.2) is 11.5 Å². The number of hydrogen-bond donors (Lipinski definition) is 1. The highest BCUT2D eigenvalue weighted by atomic mass is 32.2. The number of hydrogen-bond acceptors (Lipinski definition) is 12. The largest absolute Gasteiger partial charge is 0.463 e. The highest BCUT2D eigenvalue weighted by Gasteiger charge is 2.51. The summed E-state index contributed by atoms with van der Waals surface area (Å²) in [6, 6.07) is 0. The van der Waals surface area contributed by atoms with Crippen LogP contribution in [0.3, 0.4) is 0 Å². The predicted octanol–water partition coefficient (Wildman–Crippen LogP) is 2.15. The third-order valence-corrected chi connectivity index (χ3v) is 5.78. The number of carbonyl (C=O) groups excluding carboxylic acids is 4. The van der Waals surface area contributed by atoms with Gasteiger partial charge in [0.25, 0.3) is 0 Å². The molecule has 0 radical (unpaired) electrons. The van der Waals surface area contributed by atoms with Gasteiger partial charge in [-0.3, -0.25) is 23.7 Å². The summed E-state index contributed by atoms with van der Waals surface area (Å²) in [5, 5.41) is 2.37. The van der Waals surface area contributed by atoms with Gasteiger partial charge in [0, 0.05) is 33.4 Å². The first-order chi connectivity index (χ1) is 17.7. The number of anilines is 1. The number of fused-ring (bicyclic) bond motifs is 1. The lowest BCUT2D eigenvalue weighted by Gasteiger charge is -2.23. The van der Waals surface area contributed by atoms with Gasteiger partial charge in [-0.05, 0) is 0 Å². The standard InChI is InChI=1S/C21H24F3N5O8S/c1-9(30)26-17-14-18(28-20(27-17)38-6-5-21(22,23)24)29(8-25-14)19-16(36-12(4)33)15(35-11(3)32)13(37-19)7-34-10(2)31/h8,13,15-16,19H,5-7H2,1-4H3,(H,26,27,28,30)/t13-,15?,16?,19-/m1/s1. The maximum Gasteiger partial charge on any atom is 0.389 e. The predicted molar refractivity (Wildman–Crippen MR) is 123 cm³/mol. The zero-order valence-corrected chi connectivity index (χ0v) is 21.4. The van der Waals surface area contributed by atoms with Crippen molar-refractivity contribution in [2.45, 2.75) is 70.0 Å². The van der Waals surface area contributed by atoms with Gasteiger partial charge in [0.1, 0.15) is 12.7 Å². The van der Waals surface area contributed by atoms with Gasteiger partial charge < -0.3 is 24.3 Å². The minimum Gasteiger partial charge on any atom is -0.463 e. The molecule has 0 saturated carbocycles. The van der Waals surface area contributed by atoms with Crippen LogP contribution in [0.1, 0.15) is 40.3 Å². The minimum atomic E-state index is -4.39. The SMILES string of the molecule is CC(=O)Nc1nc(SCCC(F)(F)F)nc2c1ncn2[C@@H]1O[C@H](COC(C)=O)C(OC(C)=O)C1OC(C)=O. The highest BCUT2D eigenvalue weighted by Crippen LogP contribution is 2.37. The zero-order chi connectivity index (χ0) is 28.2. The van der Waals surface area contributed by atoms with E-state index in [1.54, 1.807) is 0 Å². The van der Waals surface area contributed by atoms with Crippen molar-refractivity contribution >= 4 is 52.6 Å². The van der Waals surface area contributed by atoms with Crippen molar-refractivity contribution < 1.29 is 51.3 Å². The summed E-state index contributed by atoms with van der Waals surface area (Å²) in [4.78, 5) is 59.4. The molecule has 2 unspecified atom stereocenters. The maximum atomic E-state index is 12.7. The summed E-state index contributed by atoms with van der Waals surface area (Å²) < 4.78 is 61.0. The van der Waals surface area contributed by atoms with Gasteiger partial charge in [0.2, 0.25) is 5.91 Å². The van der Waals surface area contributed by atoms with Crippen molar-refractivity contribution in [2.75, 3.05) is 17.7 Å². The Morgan fingerprint density at radius 1 is 1.05 bits per heavy atom. The number of esters is 3. The second-order valence-corrected chi connectivity index (χ2v) is 9.15. The average Bonchev–Trinajstić information content (AvgIpc) is 3.32. The molecule has 208 valence electrons. The minimum absolute atomic E-state index is 0.0233. The first-order valence-corrected chi connectivity index (χ1v) is 12.1. The van der Waals surface area contributed by atoms with Gasteiger partial charge in [0.05, 0.1) is 12.7 Å². The lowest BCUT2D eigenvalue weighted by molar-refractivity contribution is -0.166. The third-order valence-electron chi connectivity index (χ3n) is 4.93. The number of halogens is 3. The number of carbonyl (C=O) groups is 4. The van der Waals surface area contributed by atoms with Gasteiger partial charge >= 0.3 is 24.1 Å². The van der Waals surface area contributed by atoms with Crippen LogP contribution in [0.25, 0.3) is 11.2 Å². The van der Waals surface area contributed by atoms with Crippen LogP contribution in [0, 0.1) is 0 Å². The summed E-state index contributed by atoms with van der Waals surface area (Å²) in [6.45, 7) is 4.28. The van der Waals surface area contributed by atoms with Crippen LogP contribution in [0.2, 0.25) is 0 Å². The molecule has 1 saturated heterocycles. The van der Waals surface area contributed by atoms with Crippen molar-refractivity contribution in [1.82, 2.24) is 19.5 Å². The molecule has 2 aromatic rings. The molecule has 0 bridgehead atoms. The Kier molecular flexibility index (Phi) is 9.14. The van der Waals surface area contributed by atoms with Crippen LogP contribution < -0.4 is 5.32 Å². The summed E-state index contributed by atoms with van der Waals surface area (Å²) in [6.07, 6.45) is -9.00. The number of amides is 1. The maximum absolute atomic E-state index is 12.7.